The number of rotatable bonds is 7. The first kappa shape index (κ1) is 15.7. The summed E-state index contributed by atoms with van der Waals surface area (Å²) in [7, 11) is -3.42. The molecule has 0 radical (unpaired) electrons. The molecule has 0 amide bonds. The van der Waals surface area contributed by atoms with Gasteiger partial charge in [0.05, 0.1) is 0 Å². The van der Waals surface area contributed by atoms with E-state index in [1.807, 2.05) is 17.5 Å². The Morgan fingerprint density at radius 3 is 2.80 bits per heavy atom. The highest BCUT2D eigenvalue weighted by Gasteiger charge is 2.17. The van der Waals surface area contributed by atoms with Crippen molar-refractivity contribution in [2.24, 2.45) is 5.73 Å². The molecule has 0 bridgehead atoms. The van der Waals surface area contributed by atoms with E-state index in [9.17, 15) is 8.42 Å². The molecular weight excluding hydrogens is 312 g/mol. The number of aryl methyl sites for hydroxylation is 1. The minimum atomic E-state index is -3.42. The maximum Gasteiger partial charge on any atom is 0.250 e. The summed E-state index contributed by atoms with van der Waals surface area (Å²) >= 11 is 2.87. The van der Waals surface area contributed by atoms with Gasteiger partial charge in [-0.2, -0.15) is 0 Å². The van der Waals surface area contributed by atoms with Crippen LogP contribution in [0.2, 0.25) is 0 Å². The fourth-order valence-corrected chi connectivity index (χ4v) is 5.27. The smallest absolute Gasteiger partial charge is 0.250 e. The van der Waals surface area contributed by atoms with Gasteiger partial charge in [0, 0.05) is 16.3 Å². The van der Waals surface area contributed by atoms with Gasteiger partial charge in [0.1, 0.15) is 4.21 Å². The van der Waals surface area contributed by atoms with Gasteiger partial charge in [-0.15, -0.1) is 22.7 Å². The Labute approximate surface area is 127 Å². The van der Waals surface area contributed by atoms with Gasteiger partial charge in [-0.05, 0) is 48.5 Å². The summed E-state index contributed by atoms with van der Waals surface area (Å²) in [6.07, 6.45) is 1.63. The molecule has 2 rings (SSSR count). The largest absolute Gasteiger partial charge is 0.330 e. The van der Waals surface area contributed by atoms with Crippen molar-refractivity contribution < 1.29 is 8.42 Å². The Morgan fingerprint density at radius 1 is 1.30 bits per heavy atom. The average Bonchev–Trinajstić information content (AvgIpc) is 3.05. The molecule has 0 aliphatic heterocycles. The van der Waals surface area contributed by atoms with E-state index in [2.05, 4.69) is 11.6 Å². The molecule has 110 valence electrons. The summed E-state index contributed by atoms with van der Waals surface area (Å²) in [6.45, 7) is 2.95. The lowest BCUT2D eigenvalue weighted by atomic mass is 10.2. The molecular formula is C13H18N2O2S3. The number of thiophene rings is 2. The van der Waals surface area contributed by atoms with Crippen molar-refractivity contribution in [3.8, 4) is 0 Å². The van der Waals surface area contributed by atoms with Crippen molar-refractivity contribution in [1.29, 1.82) is 0 Å². The van der Waals surface area contributed by atoms with Crippen LogP contribution in [0.3, 0.4) is 0 Å². The molecule has 7 heteroatoms. The second-order valence-corrected chi connectivity index (χ2v) is 8.47. The van der Waals surface area contributed by atoms with Gasteiger partial charge in [-0.25, -0.2) is 13.1 Å². The van der Waals surface area contributed by atoms with Crippen LogP contribution in [-0.4, -0.2) is 15.0 Å². The molecule has 2 heterocycles. The number of nitrogens with two attached hydrogens (primary N) is 1. The van der Waals surface area contributed by atoms with Crippen molar-refractivity contribution in [3.63, 3.8) is 0 Å². The Morgan fingerprint density at radius 2 is 2.10 bits per heavy atom. The SMILES string of the molecule is CCc1ccsc1CNS(=O)(=O)c1ccc(CCN)s1. The van der Waals surface area contributed by atoms with Crippen LogP contribution in [0.25, 0.3) is 0 Å². The van der Waals surface area contributed by atoms with Gasteiger partial charge in [-0.3, -0.25) is 0 Å². The van der Waals surface area contributed by atoms with Gasteiger partial charge in [0.25, 0.3) is 0 Å². The van der Waals surface area contributed by atoms with Crippen LogP contribution in [-0.2, 0) is 29.4 Å². The minimum absolute atomic E-state index is 0.354. The van der Waals surface area contributed by atoms with Crippen LogP contribution in [0.15, 0.2) is 27.8 Å². The fourth-order valence-electron chi connectivity index (χ4n) is 1.85. The first-order valence-corrected chi connectivity index (χ1v) is 9.58. The van der Waals surface area contributed by atoms with E-state index >= 15 is 0 Å². The first-order valence-electron chi connectivity index (χ1n) is 6.40. The lowest BCUT2D eigenvalue weighted by Crippen LogP contribution is -2.22. The number of hydrogen-bond acceptors (Lipinski definition) is 5. The zero-order chi connectivity index (χ0) is 14.6. The van der Waals surface area contributed by atoms with Crippen LogP contribution in [0.4, 0.5) is 0 Å². The van der Waals surface area contributed by atoms with Crippen molar-refractivity contribution in [3.05, 3.63) is 38.9 Å². The van der Waals surface area contributed by atoms with E-state index < -0.39 is 10.0 Å². The van der Waals surface area contributed by atoms with Gasteiger partial charge < -0.3 is 5.73 Å². The zero-order valence-corrected chi connectivity index (χ0v) is 13.7. The van der Waals surface area contributed by atoms with E-state index in [1.165, 1.54) is 16.9 Å². The second kappa shape index (κ2) is 6.82. The monoisotopic (exact) mass is 330 g/mol. The van der Waals surface area contributed by atoms with Crippen LogP contribution in [0.1, 0.15) is 22.2 Å². The quantitative estimate of drug-likeness (QED) is 0.818. The molecule has 0 saturated carbocycles. The second-order valence-electron chi connectivity index (χ2n) is 4.31. The molecule has 0 aliphatic carbocycles. The predicted octanol–water partition coefficient (Wildman–Crippen LogP) is 2.35. The van der Waals surface area contributed by atoms with Crippen LogP contribution < -0.4 is 10.5 Å². The Balaban J connectivity index is 2.07. The lowest BCUT2D eigenvalue weighted by molar-refractivity contribution is 0.584. The Kier molecular flexibility index (Phi) is 5.34. The van der Waals surface area contributed by atoms with Crippen molar-refractivity contribution in [1.82, 2.24) is 4.72 Å². The minimum Gasteiger partial charge on any atom is -0.330 e. The average molecular weight is 331 g/mol. The normalized spacial score (nSPS) is 11.9. The maximum atomic E-state index is 12.2. The molecule has 0 aliphatic rings. The summed E-state index contributed by atoms with van der Waals surface area (Å²) < 4.78 is 27.5. The molecule has 0 aromatic carbocycles. The van der Waals surface area contributed by atoms with Crippen LogP contribution in [0, 0.1) is 0 Å². The number of nitrogens with one attached hydrogen (secondary N) is 1. The van der Waals surface area contributed by atoms with E-state index in [1.54, 1.807) is 17.4 Å². The van der Waals surface area contributed by atoms with Gasteiger partial charge in [-0.1, -0.05) is 6.92 Å². The standard InChI is InChI=1S/C13H18N2O2S3/c1-2-10-6-8-18-12(10)9-15-20(16,17)13-4-3-11(19-13)5-7-14/h3-4,6,8,15H,2,5,7,9,14H2,1H3. The Bertz CT molecular complexity index is 659. The molecule has 0 unspecified atom stereocenters. The molecule has 2 aromatic heterocycles. The highest BCUT2D eigenvalue weighted by molar-refractivity contribution is 7.91. The molecule has 2 aromatic rings. The highest BCUT2D eigenvalue weighted by atomic mass is 32.2. The summed E-state index contributed by atoms with van der Waals surface area (Å²) in [5.41, 5.74) is 6.68. The molecule has 0 saturated heterocycles. The fraction of sp³-hybridized carbons (Fsp3) is 0.385. The van der Waals surface area contributed by atoms with Crippen LogP contribution >= 0.6 is 22.7 Å². The molecule has 0 spiro atoms. The summed E-state index contributed by atoms with van der Waals surface area (Å²) in [5, 5.41) is 1.99. The molecule has 3 N–H and O–H groups in total. The van der Waals surface area contributed by atoms with Gasteiger partial charge >= 0.3 is 0 Å². The third-order valence-electron chi connectivity index (χ3n) is 2.93. The van der Waals surface area contributed by atoms with E-state index in [0.717, 1.165) is 16.2 Å². The molecule has 20 heavy (non-hydrogen) atoms. The third kappa shape index (κ3) is 3.67. The van der Waals surface area contributed by atoms with Crippen molar-refractivity contribution in [2.75, 3.05) is 6.54 Å². The first-order chi connectivity index (χ1) is 9.56. The lowest BCUT2D eigenvalue weighted by Gasteiger charge is -2.05. The number of hydrogen-bond donors (Lipinski definition) is 2. The van der Waals surface area contributed by atoms with Gasteiger partial charge in [0.2, 0.25) is 10.0 Å². The number of sulfonamides is 1. The molecule has 0 atom stereocenters. The van der Waals surface area contributed by atoms with Crippen molar-refractivity contribution >= 4 is 32.7 Å². The molecule has 0 fully saturated rings. The van der Waals surface area contributed by atoms with E-state index in [4.69, 9.17) is 5.73 Å². The zero-order valence-electron chi connectivity index (χ0n) is 11.3. The summed E-state index contributed by atoms with van der Waals surface area (Å²) in [6, 6.07) is 5.51. The summed E-state index contributed by atoms with van der Waals surface area (Å²) in [4.78, 5) is 2.08. The van der Waals surface area contributed by atoms with E-state index in [-0.39, 0.29) is 0 Å². The maximum absolute atomic E-state index is 12.2. The Hall–Kier alpha value is -0.730. The molecule has 4 nitrogen and oxygen atoms in total. The van der Waals surface area contributed by atoms with Crippen molar-refractivity contribution in [2.45, 2.75) is 30.5 Å². The highest BCUT2D eigenvalue weighted by Crippen LogP contribution is 2.23. The van der Waals surface area contributed by atoms with Gasteiger partial charge in [0.15, 0.2) is 0 Å². The third-order valence-corrected chi connectivity index (χ3v) is 6.94. The summed E-state index contributed by atoms with van der Waals surface area (Å²) in [5.74, 6) is 0. The van der Waals surface area contributed by atoms with Crippen LogP contribution in [0.5, 0.6) is 0 Å². The predicted molar refractivity (Wildman–Crippen MR) is 84.8 cm³/mol. The van der Waals surface area contributed by atoms with E-state index in [0.29, 0.717) is 23.7 Å². The topological polar surface area (TPSA) is 72.2 Å².